The molecule has 2 aliphatic rings. The Morgan fingerprint density at radius 2 is 1.90 bits per heavy atom. The van der Waals surface area contributed by atoms with E-state index in [1.165, 1.54) is 24.3 Å². The van der Waals surface area contributed by atoms with Crippen molar-refractivity contribution < 1.29 is 24.0 Å². The maximum absolute atomic E-state index is 13.0. The minimum Gasteiger partial charge on any atom is -0.421 e. The minimum atomic E-state index is -0.822. The summed E-state index contributed by atoms with van der Waals surface area (Å²) in [5.74, 6) is -2.36. The number of amides is 2. The molecule has 3 atom stereocenters. The van der Waals surface area contributed by atoms with Crippen LogP contribution in [0.4, 0.5) is 11.4 Å². The fourth-order valence-corrected chi connectivity index (χ4v) is 4.02. The van der Waals surface area contributed by atoms with Crippen molar-refractivity contribution >= 4 is 29.2 Å². The lowest BCUT2D eigenvalue weighted by Gasteiger charge is -2.22. The van der Waals surface area contributed by atoms with Gasteiger partial charge < -0.3 is 4.74 Å². The molecule has 0 aromatic heterocycles. The van der Waals surface area contributed by atoms with Crippen molar-refractivity contribution in [1.82, 2.24) is 0 Å². The Morgan fingerprint density at radius 3 is 2.63 bits per heavy atom. The first-order valence-corrected chi connectivity index (χ1v) is 9.48. The Balaban J connectivity index is 1.65. The number of non-ortho nitro benzene ring substituents is 1. The molecular formula is C22H18N2O6. The standard InChI is InChI=1S/C22H18N2O6/c1-13-6-4-9-16-19(13)21(26)23(20(16)25)17-10-2-3-11-18(17)30-22(27)14-7-5-8-15(12-14)24(28)29/h2-8,10-13,16,19H,9H2,1H3. The second kappa shape index (κ2) is 7.55. The number of nitro benzene ring substituents is 1. The summed E-state index contributed by atoms with van der Waals surface area (Å²) in [7, 11) is 0. The molecule has 1 aliphatic heterocycles. The van der Waals surface area contributed by atoms with Gasteiger partial charge in [-0.3, -0.25) is 19.7 Å². The highest BCUT2D eigenvalue weighted by molar-refractivity contribution is 6.23. The van der Waals surface area contributed by atoms with Gasteiger partial charge in [-0.1, -0.05) is 37.3 Å². The number of esters is 1. The summed E-state index contributed by atoms with van der Waals surface area (Å²) in [6.45, 7) is 1.90. The fraction of sp³-hybridized carbons (Fsp3) is 0.227. The number of imide groups is 1. The number of para-hydroxylation sites is 2. The summed E-state index contributed by atoms with van der Waals surface area (Å²) < 4.78 is 5.43. The number of anilines is 1. The van der Waals surface area contributed by atoms with Gasteiger partial charge in [-0.25, -0.2) is 9.69 Å². The van der Waals surface area contributed by atoms with E-state index in [0.29, 0.717) is 6.42 Å². The Bertz CT molecular complexity index is 1090. The van der Waals surface area contributed by atoms with Crippen molar-refractivity contribution in [3.05, 3.63) is 76.4 Å². The van der Waals surface area contributed by atoms with Crippen LogP contribution < -0.4 is 9.64 Å². The van der Waals surface area contributed by atoms with Gasteiger partial charge in [-0.2, -0.15) is 0 Å². The number of rotatable bonds is 4. The van der Waals surface area contributed by atoms with Crippen LogP contribution >= 0.6 is 0 Å². The van der Waals surface area contributed by atoms with Crippen LogP contribution in [0.3, 0.4) is 0 Å². The van der Waals surface area contributed by atoms with Gasteiger partial charge in [0, 0.05) is 12.1 Å². The fourth-order valence-electron chi connectivity index (χ4n) is 4.02. The number of nitro groups is 1. The lowest BCUT2D eigenvalue weighted by molar-refractivity contribution is -0.384. The van der Waals surface area contributed by atoms with E-state index >= 15 is 0 Å². The van der Waals surface area contributed by atoms with E-state index in [2.05, 4.69) is 0 Å². The number of nitrogens with zero attached hydrogens (tertiary/aromatic N) is 2. The van der Waals surface area contributed by atoms with Crippen LogP contribution in [0.15, 0.2) is 60.7 Å². The molecule has 8 heteroatoms. The molecule has 8 nitrogen and oxygen atoms in total. The average molecular weight is 406 g/mol. The van der Waals surface area contributed by atoms with Crippen molar-refractivity contribution in [2.24, 2.45) is 17.8 Å². The molecule has 2 amide bonds. The molecule has 1 fully saturated rings. The number of ether oxygens (including phenoxy) is 1. The molecule has 1 saturated heterocycles. The van der Waals surface area contributed by atoms with E-state index in [4.69, 9.17) is 4.74 Å². The summed E-state index contributed by atoms with van der Waals surface area (Å²) in [6.07, 6.45) is 4.34. The normalized spacial score (nSPS) is 22.7. The van der Waals surface area contributed by atoms with Gasteiger partial charge in [0.2, 0.25) is 11.8 Å². The first-order chi connectivity index (χ1) is 14.4. The number of benzene rings is 2. The molecule has 0 bridgehead atoms. The molecule has 152 valence electrons. The molecule has 30 heavy (non-hydrogen) atoms. The zero-order valence-corrected chi connectivity index (χ0v) is 16.1. The van der Waals surface area contributed by atoms with E-state index in [-0.39, 0.29) is 40.4 Å². The second-order valence-corrected chi connectivity index (χ2v) is 7.33. The van der Waals surface area contributed by atoms with Gasteiger partial charge in [0.05, 0.1) is 28.0 Å². The van der Waals surface area contributed by atoms with Crippen molar-refractivity contribution in [2.45, 2.75) is 13.3 Å². The lowest BCUT2D eigenvalue weighted by atomic mass is 9.78. The summed E-state index contributed by atoms with van der Waals surface area (Å²) in [6, 6.07) is 11.4. The number of carbonyl (C=O) groups excluding carboxylic acids is 3. The third-order valence-electron chi connectivity index (χ3n) is 5.47. The van der Waals surface area contributed by atoms with Crippen molar-refractivity contribution in [3.63, 3.8) is 0 Å². The quantitative estimate of drug-likeness (QED) is 0.192. The van der Waals surface area contributed by atoms with E-state index in [1.54, 1.807) is 18.2 Å². The molecule has 0 N–H and O–H groups in total. The van der Waals surface area contributed by atoms with Crippen LogP contribution in [0.2, 0.25) is 0 Å². The molecule has 3 unspecified atom stereocenters. The first kappa shape index (κ1) is 19.5. The molecule has 2 aromatic carbocycles. The van der Waals surface area contributed by atoms with Crippen LogP contribution in [0.25, 0.3) is 0 Å². The topological polar surface area (TPSA) is 107 Å². The van der Waals surface area contributed by atoms with Crippen LogP contribution in [0.1, 0.15) is 23.7 Å². The predicted molar refractivity (Wildman–Crippen MR) is 107 cm³/mol. The smallest absolute Gasteiger partial charge is 0.343 e. The predicted octanol–water partition coefficient (Wildman–Crippen LogP) is 3.52. The van der Waals surface area contributed by atoms with Gasteiger partial charge in [0.1, 0.15) is 0 Å². The highest BCUT2D eigenvalue weighted by atomic mass is 16.6. The molecule has 0 radical (unpaired) electrons. The summed E-state index contributed by atoms with van der Waals surface area (Å²) in [5.41, 5.74) is -0.0642. The van der Waals surface area contributed by atoms with Crippen LogP contribution in [0.5, 0.6) is 5.75 Å². The molecule has 0 saturated carbocycles. The first-order valence-electron chi connectivity index (χ1n) is 9.48. The number of hydrogen-bond donors (Lipinski definition) is 0. The Kier molecular flexibility index (Phi) is 4.91. The SMILES string of the molecule is CC1C=CCC2C(=O)N(c3ccccc3OC(=O)c3cccc([N+](=O)[O-])c3)C(=O)C12. The average Bonchev–Trinajstić information content (AvgIpc) is 3.00. The number of hydrogen-bond acceptors (Lipinski definition) is 6. The molecule has 0 spiro atoms. The molecule has 2 aromatic rings. The molecular weight excluding hydrogens is 388 g/mol. The summed E-state index contributed by atoms with van der Waals surface area (Å²) in [4.78, 5) is 50.0. The minimum absolute atomic E-state index is 0.00966. The molecule has 1 aliphatic carbocycles. The number of fused-ring (bicyclic) bond motifs is 1. The zero-order chi connectivity index (χ0) is 21.4. The summed E-state index contributed by atoms with van der Waals surface area (Å²) >= 11 is 0. The third-order valence-corrected chi connectivity index (χ3v) is 5.47. The Labute approximate surface area is 171 Å². The maximum Gasteiger partial charge on any atom is 0.343 e. The van der Waals surface area contributed by atoms with E-state index in [0.717, 1.165) is 11.0 Å². The molecule has 1 heterocycles. The molecule has 4 rings (SSSR count). The van der Waals surface area contributed by atoms with Crippen LogP contribution in [-0.2, 0) is 9.59 Å². The lowest BCUT2D eigenvalue weighted by Crippen LogP contribution is -2.32. The monoisotopic (exact) mass is 406 g/mol. The third kappa shape index (κ3) is 3.26. The van der Waals surface area contributed by atoms with Crippen molar-refractivity contribution in [1.29, 1.82) is 0 Å². The highest BCUT2D eigenvalue weighted by Crippen LogP contribution is 2.42. The number of allylic oxidation sites excluding steroid dienone is 2. The van der Waals surface area contributed by atoms with Crippen LogP contribution in [-0.4, -0.2) is 22.7 Å². The van der Waals surface area contributed by atoms with Crippen molar-refractivity contribution in [2.75, 3.05) is 4.90 Å². The van der Waals surface area contributed by atoms with Gasteiger partial charge in [-0.05, 0) is 30.5 Å². The number of carbonyl (C=O) groups is 3. The van der Waals surface area contributed by atoms with Gasteiger partial charge in [0.15, 0.2) is 5.75 Å². The zero-order valence-electron chi connectivity index (χ0n) is 16.1. The largest absolute Gasteiger partial charge is 0.421 e. The van der Waals surface area contributed by atoms with E-state index < -0.39 is 22.7 Å². The Hall–Kier alpha value is -3.81. The van der Waals surface area contributed by atoms with E-state index in [9.17, 15) is 24.5 Å². The van der Waals surface area contributed by atoms with E-state index in [1.807, 2.05) is 19.1 Å². The van der Waals surface area contributed by atoms with Gasteiger partial charge >= 0.3 is 5.97 Å². The van der Waals surface area contributed by atoms with Gasteiger partial charge in [0.25, 0.3) is 5.69 Å². The summed E-state index contributed by atoms with van der Waals surface area (Å²) in [5, 5.41) is 11.0. The van der Waals surface area contributed by atoms with Gasteiger partial charge in [-0.15, -0.1) is 0 Å². The van der Waals surface area contributed by atoms with Crippen LogP contribution in [0, 0.1) is 27.9 Å². The van der Waals surface area contributed by atoms with Crippen molar-refractivity contribution in [3.8, 4) is 5.75 Å². The highest BCUT2D eigenvalue weighted by Gasteiger charge is 2.51. The second-order valence-electron chi connectivity index (χ2n) is 7.33. The Morgan fingerprint density at radius 1 is 1.13 bits per heavy atom. The maximum atomic E-state index is 13.0.